The van der Waals surface area contributed by atoms with Crippen molar-refractivity contribution in [1.29, 1.82) is 0 Å². The molecule has 0 aromatic heterocycles. The molecule has 0 aliphatic heterocycles. The lowest BCUT2D eigenvalue weighted by Crippen LogP contribution is -2.53. The van der Waals surface area contributed by atoms with Gasteiger partial charge in [-0.1, -0.05) is 59.7 Å². The number of carbonyl (C=O) groups is 4. The Morgan fingerprint density at radius 3 is 2.18 bits per heavy atom. The Morgan fingerprint density at radius 1 is 1.03 bits per heavy atom. The zero-order valence-corrected chi connectivity index (χ0v) is 23.3. The molecule has 39 heavy (non-hydrogen) atoms. The Balaban J connectivity index is 2.48. The fraction of sp³-hybridized carbons (Fsp3) is 0.448. The summed E-state index contributed by atoms with van der Waals surface area (Å²) in [6, 6.07) is 12.5. The number of hydrogen-bond donors (Lipinski definition) is 4. The number of nitrogens with two attached hydrogens (primary N) is 1. The minimum absolute atomic E-state index is 0.111. The summed E-state index contributed by atoms with van der Waals surface area (Å²) in [5.41, 5.74) is 7.69. The fourth-order valence-corrected chi connectivity index (χ4v) is 4.19. The Kier molecular flexibility index (Phi) is 11.5. The SMILES string of the molecule is Cc1cc(C)cc(C(C(=O)NCc2ccccc2)N(CCO)C(=O)C(CCC(N)=O)NC(=O)OC(C)(C)C)c1. The summed E-state index contributed by atoms with van der Waals surface area (Å²) in [4.78, 5) is 52.9. The average molecular weight is 541 g/mol. The predicted molar refractivity (Wildman–Crippen MR) is 147 cm³/mol. The summed E-state index contributed by atoms with van der Waals surface area (Å²) in [6.07, 6.45) is -1.15. The lowest BCUT2D eigenvalue weighted by atomic mass is 9.98. The number of amides is 4. The molecule has 0 spiro atoms. The summed E-state index contributed by atoms with van der Waals surface area (Å²) in [7, 11) is 0. The van der Waals surface area contributed by atoms with E-state index in [4.69, 9.17) is 10.5 Å². The van der Waals surface area contributed by atoms with Crippen LogP contribution in [-0.2, 0) is 25.7 Å². The highest BCUT2D eigenvalue weighted by Crippen LogP contribution is 2.25. The minimum Gasteiger partial charge on any atom is -0.444 e. The lowest BCUT2D eigenvalue weighted by Gasteiger charge is -2.34. The Bertz CT molecular complexity index is 1130. The second kappa shape index (κ2) is 14.3. The van der Waals surface area contributed by atoms with Crippen LogP contribution >= 0.6 is 0 Å². The first-order valence-electron chi connectivity index (χ1n) is 12.9. The monoisotopic (exact) mass is 540 g/mol. The van der Waals surface area contributed by atoms with Gasteiger partial charge in [0.15, 0.2) is 0 Å². The van der Waals surface area contributed by atoms with E-state index in [9.17, 15) is 24.3 Å². The first kappa shape index (κ1) is 31.3. The van der Waals surface area contributed by atoms with Crippen LogP contribution < -0.4 is 16.4 Å². The molecule has 0 heterocycles. The normalized spacial score (nSPS) is 12.7. The van der Waals surface area contributed by atoms with Crippen molar-refractivity contribution in [2.24, 2.45) is 5.73 Å². The number of nitrogens with one attached hydrogen (secondary N) is 2. The third kappa shape index (κ3) is 10.4. The maximum Gasteiger partial charge on any atom is 0.408 e. The van der Waals surface area contributed by atoms with Gasteiger partial charge in [-0.2, -0.15) is 0 Å². The number of benzene rings is 2. The third-order valence-electron chi connectivity index (χ3n) is 5.72. The molecule has 0 saturated carbocycles. The topological polar surface area (TPSA) is 151 Å². The van der Waals surface area contributed by atoms with Gasteiger partial charge in [-0.25, -0.2) is 4.79 Å². The van der Waals surface area contributed by atoms with Gasteiger partial charge in [-0.3, -0.25) is 14.4 Å². The van der Waals surface area contributed by atoms with Gasteiger partial charge < -0.3 is 31.1 Å². The van der Waals surface area contributed by atoms with E-state index in [1.807, 2.05) is 50.2 Å². The van der Waals surface area contributed by atoms with Gasteiger partial charge in [-0.05, 0) is 52.2 Å². The summed E-state index contributed by atoms with van der Waals surface area (Å²) < 4.78 is 5.31. The number of aliphatic hydroxyl groups is 1. The summed E-state index contributed by atoms with van der Waals surface area (Å²) in [5, 5.41) is 15.3. The molecule has 2 aromatic carbocycles. The van der Waals surface area contributed by atoms with Crippen LogP contribution in [0.4, 0.5) is 4.79 Å². The lowest BCUT2D eigenvalue weighted by molar-refractivity contribution is -0.143. The maximum atomic E-state index is 13.9. The van der Waals surface area contributed by atoms with Crippen LogP contribution in [0.1, 0.15) is 61.9 Å². The van der Waals surface area contributed by atoms with Crippen LogP contribution in [0, 0.1) is 13.8 Å². The van der Waals surface area contributed by atoms with E-state index in [2.05, 4.69) is 10.6 Å². The van der Waals surface area contributed by atoms with Crippen molar-refractivity contribution in [3.05, 3.63) is 70.8 Å². The molecule has 2 rings (SSSR count). The molecule has 4 amide bonds. The Morgan fingerprint density at radius 2 is 1.64 bits per heavy atom. The number of hydrogen-bond acceptors (Lipinski definition) is 6. The average Bonchev–Trinajstić information content (AvgIpc) is 2.83. The van der Waals surface area contributed by atoms with Gasteiger partial charge in [-0.15, -0.1) is 0 Å². The first-order chi connectivity index (χ1) is 18.3. The number of nitrogens with zero attached hydrogens (tertiary/aromatic N) is 1. The van der Waals surface area contributed by atoms with Crippen LogP contribution in [-0.4, -0.2) is 58.6 Å². The van der Waals surface area contributed by atoms with E-state index in [1.54, 1.807) is 32.9 Å². The number of aliphatic hydroxyl groups excluding tert-OH is 1. The molecule has 10 heteroatoms. The highest BCUT2D eigenvalue weighted by Gasteiger charge is 2.36. The highest BCUT2D eigenvalue weighted by molar-refractivity contribution is 5.92. The van der Waals surface area contributed by atoms with Crippen molar-refractivity contribution >= 4 is 23.8 Å². The molecule has 0 saturated heterocycles. The Labute approximate surface area is 229 Å². The van der Waals surface area contributed by atoms with Crippen molar-refractivity contribution in [3.8, 4) is 0 Å². The smallest absolute Gasteiger partial charge is 0.408 e. The standard InChI is InChI=1S/C29H40N4O6/c1-19-15-20(2)17-22(16-19)25(26(36)31-18-21-9-7-6-8-10-21)33(13-14-34)27(37)23(11-12-24(30)35)32-28(38)39-29(3,4)5/h6-10,15-17,23,25,34H,11-14,18H2,1-5H3,(H2,30,35)(H,31,36)(H,32,38). The second-order valence-corrected chi connectivity index (χ2v) is 10.5. The highest BCUT2D eigenvalue weighted by atomic mass is 16.6. The number of aryl methyl sites for hydroxylation is 2. The van der Waals surface area contributed by atoms with Crippen molar-refractivity contribution in [3.63, 3.8) is 0 Å². The Hall–Kier alpha value is -3.92. The molecular formula is C29H40N4O6. The van der Waals surface area contributed by atoms with Crippen LogP contribution in [0.2, 0.25) is 0 Å². The number of ether oxygens (including phenoxy) is 1. The number of primary amides is 1. The van der Waals surface area contributed by atoms with E-state index in [0.717, 1.165) is 16.7 Å². The molecule has 2 atom stereocenters. The van der Waals surface area contributed by atoms with Gasteiger partial charge >= 0.3 is 6.09 Å². The van der Waals surface area contributed by atoms with Gasteiger partial charge in [0.1, 0.15) is 17.7 Å². The van der Waals surface area contributed by atoms with Crippen molar-refractivity contribution < 1.29 is 29.0 Å². The molecule has 0 aliphatic carbocycles. The van der Waals surface area contributed by atoms with Crippen LogP contribution in [0.25, 0.3) is 0 Å². The largest absolute Gasteiger partial charge is 0.444 e. The van der Waals surface area contributed by atoms with Gasteiger partial charge in [0.05, 0.1) is 6.61 Å². The molecule has 0 radical (unpaired) electrons. The molecule has 0 aliphatic rings. The number of carbonyl (C=O) groups excluding carboxylic acids is 4. The van der Waals surface area contributed by atoms with Crippen LogP contribution in [0.3, 0.4) is 0 Å². The molecule has 0 fully saturated rings. The molecule has 10 nitrogen and oxygen atoms in total. The van der Waals surface area contributed by atoms with E-state index in [0.29, 0.717) is 5.56 Å². The van der Waals surface area contributed by atoms with E-state index < -0.39 is 48.1 Å². The van der Waals surface area contributed by atoms with Gasteiger partial charge in [0.25, 0.3) is 0 Å². The first-order valence-corrected chi connectivity index (χ1v) is 12.9. The van der Waals surface area contributed by atoms with Gasteiger partial charge in [0.2, 0.25) is 17.7 Å². The summed E-state index contributed by atoms with van der Waals surface area (Å²) in [6.45, 7) is 8.39. The van der Waals surface area contributed by atoms with E-state index in [-0.39, 0.29) is 25.9 Å². The van der Waals surface area contributed by atoms with Crippen molar-refractivity contribution in [2.45, 2.75) is 71.7 Å². The molecule has 212 valence electrons. The summed E-state index contributed by atoms with van der Waals surface area (Å²) in [5.74, 6) is -1.77. The maximum absolute atomic E-state index is 13.9. The fourth-order valence-electron chi connectivity index (χ4n) is 4.19. The molecule has 2 aromatic rings. The molecule has 5 N–H and O–H groups in total. The van der Waals surface area contributed by atoms with E-state index in [1.165, 1.54) is 4.90 Å². The zero-order chi connectivity index (χ0) is 29.2. The zero-order valence-electron chi connectivity index (χ0n) is 23.3. The van der Waals surface area contributed by atoms with E-state index >= 15 is 0 Å². The molecule has 2 unspecified atom stereocenters. The number of alkyl carbamates (subject to hydrolysis) is 1. The van der Waals surface area contributed by atoms with Gasteiger partial charge in [0, 0.05) is 19.5 Å². The minimum atomic E-state index is -1.23. The quantitative estimate of drug-likeness (QED) is 0.325. The van der Waals surface area contributed by atoms with Crippen LogP contribution in [0.5, 0.6) is 0 Å². The molecular weight excluding hydrogens is 500 g/mol. The van der Waals surface area contributed by atoms with Crippen LogP contribution in [0.15, 0.2) is 48.5 Å². The van der Waals surface area contributed by atoms with Crippen molar-refractivity contribution in [1.82, 2.24) is 15.5 Å². The third-order valence-corrected chi connectivity index (χ3v) is 5.72. The predicted octanol–water partition coefficient (Wildman–Crippen LogP) is 2.64. The second-order valence-electron chi connectivity index (χ2n) is 10.5. The summed E-state index contributed by atoms with van der Waals surface area (Å²) >= 11 is 0. The van der Waals surface area contributed by atoms with Crippen molar-refractivity contribution in [2.75, 3.05) is 13.2 Å². The number of rotatable bonds is 12. The molecule has 0 bridgehead atoms.